The summed E-state index contributed by atoms with van der Waals surface area (Å²) in [6, 6.07) is 7.91. The smallest absolute Gasteiger partial charge is 0.307 e. The second-order valence-corrected chi connectivity index (χ2v) is 5.54. The molecule has 4 nitrogen and oxygen atoms in total. The van der Waals surface area contributed by atoms with E-state index in [1.54, 1.807) is 0 Å². The molecule has 2 atom stereocenters. The van der Waals surface area contributed by atoms with Crippen molar-refractivity contribution in [2.24, 2.45) is 0 Å². The van der Waals surface area contributed by atoms with E-state index in [0.29, 0.717) is 12.2 Å². The van der Waals surface area contributed by atoms with Crippen LogP contribution in [0.4, 0.5) is 0 Å². The highest BCUT2D eigenvalue weighted by Crippen LogP contribution is 2.27. The summed E-state index contributed by atoms with van der Waals surface area (Å²) < 4.78 is 5.82. The lowest BCUT2D eigenvalue weighted by Gasteiger charge is -2.32. The number of likely N-dealkylation sites (tertiary alicyclic amines) is 1. The molecule has 1 N–H and O–H groups in total. The highest BCUT2D eigenvalue weighted by Gasteiger charge is 2.33. The Bertz CT molecular complexity index is 445. The average Bonchev–Trinajstić information content (AvgIpc) is 2.71. The molecule has 19 heavy (non-hydrogen) atoms. The molecule has 2 fully saturated rings. The number of hydrogen-bond acceptors (Lipinski definition) is 3. The minimum Gasteiger partial charge on any atom is -0.481 e. The Morgan fingerprint density at radius 3 is 2.32 bits per heavy atom. The molecule has 0 spiro atoms. The fraction of sp³-hybridized carbons (Fsp3) is 0.533. The van der Waals surface area contributed by atoms with Crippen molar-refractivity contribution in [2.75, 3.05) is 13.1 Å². The quantitative estimate of drug-likeness (QED) is 0.896. The number of rotatable bonds is 4. The van der Waals surface area contributed by atoms with E-state index in [0.717, 1.165) is 25.2 Å². The highest BCUT2D eigenvalue weighted by molar-refractivity contribution is 5.70. The SMILES string of the molecule is O=C(O)Cc1ccc(CN2CC3CCC(C2)O3)cc1. The number of morpholine rings is 1. The van der Waals surface area contributed by atoms with Crippen LogP contribution in [0.1, 0.15) is 24.0 Å². The lowest BCUT2D eigenvalue weighted by molar-refractivity contribution is -0.136. The van der Waals surface area contributed by atoms with Crippen molar-refractivity contribution in [1.29, 1.82) is 0 Å². The summed E-state index contributed by atoms with van der Waals surface area (Å²) in [5.74, 6) is -0.780. The molecule has 0 saturated carbocycles. The third kappa shape index (κ3) is 3.14. The lowest BCUT2D eigenvalue weighted by atomic mass is 10.1. The van der Waals surface area contributed by atoms with Gasteiger partial charge < -0.3 is 9.84 Å². The number of ether oxygens (including phenoxy) is 1. The van der Waals surface area contributed by atoms with Gasteiger partial charge in [0.15, 0.2) is 0 Å². The normalized spacial score (nSPS) is 26.5. The molecule has 2 bridgehead atoms. The summed E-state index contributed by atoms with van der Waals surface area (Å²) in [4.78, 5) is 13.1. The van der Waals surface area contributed by atoms with E-state index >= 15 is 0 Å². The van der Waals surface area contributed by atoms with E-state index in [-0.39, 0.29) is 6.42 Å². The van der Waals surface area contributed by atoms with Gasteiger partial charge in [0.2, 0.25) is 0 Å². The molecule has 2 unspecified atom stereocenters. The Hall–Kier alpha value is -1.39. The Morgan fingerprint density at radius 1 is 1.16 bits per heavy atom. The highest BCUT2D eigenvalue weighted by atomic mass is 16.5. The van der Waals surface area contributed by atoms with Gasteiger partial charge in [0.05, 0.1) is 18.6 Å². The van der Waals surface area contributed by atoms with Gasteiger partial charge in [-0.2, -0.15) is 0 Å². The molecule has 2 aliphatic rings. The second-order valence-electron chi connectivity index (χ2n) is 5.54. The van der Waals surface area contributed by atoms with Crippen molar-refractivity contribution in [3.63, 3.8) is 0 Å². The Kier molecular flexibility index (Phi) is 3.53. The third-order valence-electron chi connectivity index (χ3n) is 3.90. The first kappa shape index (κ1) is 12.6. The standard InChI is InChI=1S/C15H19NO3/c17-15(18)7-11-1-3-12(4-2-11)8-16-9-13-5-6-14(10-16)19-13/h1-4,13-14H,5-10H2,(H,17,18). The molecule has 3 rings (SSSR count). The van der Waals surface area contributed by atoms with Gasteiger partial charge in [0.25, 0.3) is 0 Å². The summed E-state index contributed by atoms with van der Waals surface area (Å²) in [5, 5.41) is 8.74. The topological polar surface area (TPSA) is 49.8 Å². The van der Waals surface area contributed by atoms with Gasteiger partial charge in [-0.3, -0.25) is 9.69 Å². The first-order chi connectivity index (χ1) is 9.19. The summed E-state index contributed by atoms with van der Waals surface area (Å²) in [6.45, 7) is 2.98. The number of benzene rings is 1. The van der Waals surface area contributed by atoms with Crippen LogP contribution < -0.4 is 0 Å². The molecule has 0 aliphatic carbocycles. The van der Waals surface area contributed by atoms with E-state index in [1.165, 1.54) is 18.4 Å². The largest absolute Gasteiger partial charge is 0.481 e. The van der Waals surface area contributed by atoms with Gasteiger partial charge in [-0.05, 0) is 24.0 Å². The summed E-state index contributed by atoms with van der Waals surface area (Å²) in [6.07, 6.45) is 3.33. The molecule has 102 valence electrons. The van der Waals surface area contributed by atoms with Crippen molar-refractivity contribution in [1.82, 2.24) is 4.90 Å². The van der Waals surface area contributed by atoms with Crippen LogP contribution in [0, 0.1) is 0 Å². The maximum absolute atomic E-state index is 10.6. The van der Waals surface area contributed by atoms with Crippen molar-refractivity contribution >= 4 is 5.97 Å². The van der Waals surface area contributed by atoms with Crippen molar-refractivity contribution < 1.29 is 14.6 Å². The summed E-state index contributed by atoms with van der Waals surface area (Å²) in [7, 11) is 0. The molecular formula is C15H19NO3. The van der Waals surface area contributed by atoms with Crippen LogP contribution in [0.3, 0.4) is 0 Å². The molecule has 2 heterocycles. The van der Waals surface area contributed by atoms with Crippen molar-refractivity contribution in [3.8, 4) is 0 Å². The first-order valence-corrected chi connectivity index (χ1v) is 6.86. The predicted molar refractivity (Wildman–Crippen MR) is 71.0 cm³/mol. The zero-order valence-corrected chi connectivity index (χ0v) is 10.9. The van der Waals surface area contributed by atoms with Crippen LogP contribution in [-0.4, -0.2) is 41.3 Å². The Morgan fingerprint density at radius 2 is 1.74 bits per heavy atom. The van der Waals surface area contributed by atoms with Crippen LogP contribution >= 0.6 is 0 Å². The minimum absolute atomic E-state index is 0.0992. The third-order valence-corrected chi connectivity index (χ3v) is 3.90. The molecule has 2 aliphatic heterocycles. The maximum atomic E-state index is 10.6. The van der Waals surface area contributed by atoms with E-state index in [4.69, 9.17) is 9.84 Å². The van der Waals surface area contributed by atoms with Crippen LogP contribution in [-0.2, 0) is 22.5 Å². The first-order valence-electron chi connectivity index (χ1n) is 6.86. The molecule has 0 aromatic heterocycles. The molecule has 1 aromatic rings. The van der Waals surface area contributed by atoms with E-state index < -0.39 is 5.97 Å². The van der Waals surface area contributed by atoms with Gasteiger partial charge in [0, 0.05) is 19.6 Å². The Balaban J connectivity index is 1.59. The zero-order chi connectivity index (χ0) is 13.2. The molecule has 1 aromatic carbocycles. The fourth-order valence-corrected chi connectivity index (χ4v) is 3.02. The predicted octanol–water partition coefficient (Wildman–Crippen LogP) is 1.68. The minimum atomic E-state index is -0.780. The molecule has 0 amide bonds. The summed E-state index contributed by atoms with van der Waals surface area (Å²) in [5.41, 5.74) is 2.11. The van der Waals surface area contributed by atoms with Crippen LogP contribution in [0.2, 0.25) is 0 Å². The van der Waals surface area contributed by atoms with Gasteiger partial charge in [-0.25, -0.2) is 0 Å². The number of aliphatic carboxylic acids is 1. The van der Waals surface area contributed by atoms with Crippen molar-refractivity contribution in [3.05, 3.63) is 35.4 Å². The fourth-order valence-electron chi connectivity index (χ4n) is 3.02. The van der Waals surface area contributed by atoms with Crippen molar-refractivity contribution in [2.45, 2.75) is 38.0 Å². The molecule has 0 radical (unpaired) electrons. The van der Waals surface area contributed by atoms with Gasteiger partial charge >= 0.3 is 5.97 Å². The van der Waals surface area contributed by atoms with E-state index in [9.17, 15) is 4.79 Å². The summed E-state index contributed by atoms with van der Waals surface area (Å²) >= 11 is 0. The zero-order valence-electron chi connectivity index (χ0n) is 10.9. The number of carboxylic acids is 1. The van der Waals surface area contributed by atoms with Gasteiger partial charge in [0.1, 0.15) is 0 Å². The van der Waals surface area contributed by atoms with Crippen LogP contribution in [0.5, 0.6) is 0 Å². The molecular weight excluding hydrogens is 242 g/mol. The number of carboxylic acid groups (broad SMARTS) is 1. The number of carbonyl (C=O) groups is 1. The van der Waals surface area contributed by atoms with Crippen LogP contribution in [0.15, 0.2) is 24.3 Å². The number of fused-ring (bicyclic) bond motifs is 2. The second kappa shape index (κ2) is 5.31. The monoisotopic (exact) mass is 261 g/mol. The average molecular weight is 261 g/mol. The van der Waals surface area contributed by atoms with Gasteiger partial charge in [-0.1, -0.05) is 24.3 Å². The Labute approximate surface area is 113 Å². The van der Waals surface area contributed by atoms with E-state index in [2.05, 4.69) is 4.90 Å². The molecule has 2 saturated heterocycles. The molecule has 4 heteroatoms. The van der Waals surface area contributed by atoms with Crippen LogP contribution in [0.25, 0.3) is 0 Å². The lowest BCUT2D eigenvalue weighted by Crippen LogP contribution is -2.41. The van der Waals surface area contributed by atoms with E-state index in [1.807, 2.05) is 24.3 Å². The number of hydrogen-bond donors (Lipinski definition) is 1. The maximum Gasteiger partial charge on any atom is 0.307 e. The number of nitrogens with zero attached hydrogens (tertiary/aromatic N) is 1. The van der Waals surface area contributed by atoms with Gasteiger partial charge in [-0.15, -0.1) is 0 Å².